The molecule has 24 nitrogen and oxygen atoms in total. The molecule has 20 rings (SSSR count). The number of benzene rings is 4. The van der Waals surface area contributed by atoms with Crippen LogP contribution in [-0.2, 0) is 48.1 Å². The molecule has 9 aliphatic carbocycles. The Labute approximate surface area is 848 Å². The lowest BCUT2D eigenvalue weighted by Crippen LogP contribution is -2.50. The normalized spacial score (nSPS) is 31.7. The highest BCUT2D eigenvalue weighted by molar-refractivity contribution is 7.90. The van der Waals surface area contributed by atoms with Gasteiger partial charge in [-0.2, -0.15) is 0 Å². The average Bonchev–Trinajstić information content (AvgIpc) is 1.59. The molecule has 768 valence electrons. The zero-order valence-electron chi connectivity index (χ0n) is 83.7. The van der Waals surface area contributed by atoms with Crippen LogP contribution in [0.25, 0.3) is 68.8 Å². The Hall–Kier alpha value is -12.2. The van der Waals surface area contributed by atoms with Crippen LogP contribution in [0.2, 0.25) is 0 Å². The lowest BCUT2D eigenvalue weighted by Gasteiger charge is -2.49. The summed E-state index contributed by atoms with van der Waals surface area (Å²) in [6.45, 7) is 16.8. The summed E-state index contributed by atoms with van der Waals surface area (Å²) in [6, 6.07) is 41.8. The van der Waals surface area contributed by atoms with Gasteiger partial charge in [0.1, 0.15) is 35.2 Å². The quantitative estimate of drug-likeness (QED) is 0.0235. The van der Waals surface area contributed by atoms with Crippen molar-refractivity contribution in [2.75, 3.05) is 26.4 Å². The van der Waals surface area contributed by atoms with Gasteiger partial charge in [-0.15, -0.1) is 0 Å². The second-order valence-electron chi connectivity index (χ2n) is 42.0. The van der Waals surface area contributed by atoms with Crippen LogP contribution in [0, 0.1) is 142 Å². The number of amides is 5. The highest BCUT2D eigenvalue weighted by Crippen LogP contribution is 2.59. The molecule has 0 spiro atoms. The number of rotatable bonds is 20. The second-order valence-corrected chi connectivity index (χ2v) is 43.9. The summed E-state index contributed by atoms with van der Waals surface area (Å²) in [5, 5.41) is 14.8. The first-order chi connectivity index (χ1) is 70.0. The SMILES string of the molecule is CCOC(=O)N[C@@H]1CC[C@@H]2[C@@H](C1)C[C@@H]1[C@H]([C@H]2/C=C/c2ccc(-c3cccc(F)c3)cn2)[C@@H](C)NS1(=O)=O.CCOC(=O)N[C@@H]1CC[C@@H]2[C@@H](C1)C[C@H]1C(=O)N[C@H](C)[C@H]1[C@H]2/C=C/c1ccc(-c2cccc(F)c2)cn1.CCOC(=O)N[C@@H]1CC[C@@H]2[C@@H](C1)C[C@H]1CC(=O)[C@H](C)[C@H]1[C@H]2/C=C/c1ccc(-c2cccc(F)c2)cn1.CCOC(=O)N[C@@H]1CC[C@@H]2[C@@H](C1)C[C@H]1OC(=O)[C@H](C)[C@H]1[C@H]2/C=C/c1ccc(-c2cccc(F)c2)cn1. The fourth-order valence-electron chi connectivity index (χ4n) is 27.2. The minimum absolute atomic E-state index is 0.000514. The molecule has 5 amide bonds. The fraction of sp³-hybridized carbons (Fsp3) is 0.491. The topological polar surface area (TPSA) is 324 Å². The number of Topliss-reactive ketones (excluding diaryl/α,β-unsaturated/α-hetero) is 1. The number of hydrogen-bond acceptors (Lipinski definition) is 18. The first-order valence-corrected chi connectivity index (χ1v) is 54.0. The van der Waals surface area contributed by atoms with Crippen molar-refractivity contribution in [3.05, 3.63) is 241 Å². The standard InChI is InChI=1S/C30H35FN2O3.C29H34FN3O3.C29H33FN2O4.C28H34FN3O4S/c1-3-36-30(35)33-25-10-11-26-21(15-25)13-22-16-28(34)18(2)29(22)27(26)12-9-24-8-7-20(17-32-24)19-5-4-6-23(31)14-19;1-3-36-29(35)33-23-10-11-24-20(14-23)15-26-27(17(2)32-28(26)34)25(24)12-9-22-8-7-19(16-31-22)18-5-4-6-21(30)13-18;1-3-35-29(34)32-23-10-11-24-20(14-23)15-26-27(17(2)28(33)36-26)25(24)12-9-22-8-7-19(16-31-22)18-5-4-6-21(30)13-18;1-3-36-28(33)31-23-10-11-24-20(14-23)15-26-27(17(2)32-37(26,34)35)25(24)12-9-22-8-7-19(16-30-22)18-5-4-6-21(29)13-18/h4-9,12,14,17-18,21-22,25-27,29H,3,10-11,13,15-16H2,1-2H3,(H,33,35);4-9,12-13,16-17,20,23-27H,3,10-11,14-15H2,1-2H3,(H,32,34)(H,33,35);4-9,12-13,16-17,20,23-27H,3,10-11,14-15H2,1-2H3,(H,32,34);4-9,12-13,16-17,20,23-27,32H,3,10-11,14-15H2,1-2H3,(H,31,33)/b4*12-9+/t18-,21+,22-,25+,26+,27-,29+;3*17-,20+,23-,24-,25+,26-,27+/m0111/s1. The van der Waals surface area contributed by atoms with E-state index in [-0.39, 0.29) is 155 Å². The Balaban J connectivity index is 0.000000132. The van der Waals surface area contributed by atoms with Crippen LogP contribution in [0.1, 0.15) is 187 Å². The van der Waals surface area contributed by atoms with Gasteiger partial charge in [0.2, 0.25) is 15.9 Å². The molecule has 145 heavy (non-hydrogen) atoms. The number of alkyl carbamates (subject to hydrolysis) is 4. The number of esters is 1. The van der Waals surface area contributed by atoms with Crippen molar-refractivity contribution in [1.82, 2.24) is 51.2 Å². The molecular formula is C116H136F4N10O14S. The number of ketones is 1. The number of fused-ring (bicyclic) bond motifs is 8. The van der Waals surface area contributed by atoms with E-state index < -0.39 is 21.4 Å². The van der Waals surface area contributed by atoms with Gasteiger partial charge in [0, 0.05) is 107 Å². The van der Waals surface area contributed by atoms with E-state index in [2.05, 4.69) is 102 Å². The molecule has 0 bridgehead atoms. The van der Waals surface area contributed by atoms with E-state index in [1.165, 1.54) is 48.5 Å². The van der Waals surface area contributed by atoms with Crippen molar-refractivity contribution in [3.8, 4) is 44.5 Å². The Morgan fingerprint density at radius 3 is 1.08 bits per heavy atom. The maximum absolute atomic E-state index is 13.6. The number of halogens is 4. The number of aromatic nitrogens is 4. The molecule has 4 aromatic carbocycles. The molecule has 28 atom stereocenters. The summed E-state index contributed by atoms with van der Waals surface area (Å²) in [5.41, 5.74) is 9.92. The molecule has 7 heterocycles. The van der Waals surface area contributed by atoms with Crippen molar-refractivity contribution in [1.29, 1.82) is 0 Å². The van der Waals surface area contributed by atoms with E-state index in [0.717, 1.165) is 164 Å². The predicted molar refractivity (Wildman–Crippen MR) is 548 cm³/mol. The van der Waals surface area contributed by atoms with E-state index in [0.29, 0.717) is 104 Å². The van der Waals surface area contributed by atoms with Crippen LogP contribution < -0.4 is 31.3 Å². The monoisotopic (exact) mass is 2000 g/mol. The zero-order valence-corrected chi connectivity index (χ0v) is 84.5. The number of sulfonamides is 1. The van der Waals surface area contributed by atoms with Gasteiger partial charge in [-0.25, -0.2) is 49.9 Å². The molecule has 9 saturated carbocycles. The number of nitrogens with one attached hydrogen (secondary N) is 6. The minimum Gasteiger partial charge on any atom is -0.462 e. The molecule has 29 heteroatoms. The highest BCUT2D eigenvalue weighted by Gasteiger charge is 2.59. The van der Waals surface area contributed by atoms with E-state index in [1.807, 2.05) is 106 Å². The van der Waals surface area contributed by atoms with Crippen LogP contribution in [0.4, 0.5) is 36.7 Å². The van der Waals surface area contributed by atoms with Crippen molar-refractivity contribution in [3.63, 3.8) is 0 Å². The number of nitrogens with zero attached hydrogens (tertiary/aromatic N) is 4. The largest absolute Gasteiger partial charge is 0.462 e. The molecule has 6 N–H and O–H groups in total. The molecule has 0 unspecified atom stereocenters. The van der Waals surface area contributed by atoms with Crippen LogP contribution in [0.5, 0.6) is 0 Å². The van der Waals surface area contributed by atoms with Gasteiger partial charge in [0.15, 0.2) is 0 Å². The molecule has 12 aliphatic rings. The van der Waals surface area contributed by atoms with Gasteiger partial charge in [0.25, 0.3) is 0 Å². The number of ether oxygens (including phenoxy) is 5. The Morgan fingerprint density at radius 2 is 0.724 bits per heavy atom. The summed E-state index contributed by atoms with van der Waals surface area (Å²) >= 11 is 0. The lowest BCUT2D eigenvalue weighted by atomic mass is 9.57. The maximum Gasteiger partial charge on any atom is 0.407 e. The molecule has 4 aromatic heterocycles. The first kappa shape index (κ1) is 104. The minimum atomic E-state index is -3.39. The average molecular weight is 2000 g/mol. The number of allylic oxidation sites excluding steroid dienone is 4. The van der Waals surface area contributed by atoms with Gasteiger partial charge in [0.05, 0.1) is 60.4 Å². The molecule has 3 saturated heterocycles. The number of pyridine rings is 4. The summed E-state index contributed by atoms with van der Waals surface area (Å²) in [5.74, 6) is 4.49. The molecule has 8 aromatic rings. The Bertz CT molecular complexity index is 5810. The summed E-state index contributed by atoms with van der Waals surface area (Å²) in [4.78, 5) is 104. The second kappa shape index (κ2) is 47.1. The van der Waals surface area contributed by atoms with Gasteiger partial charge < -0.3 is 50.3 Å². The van der Waals surface area contributed by atoms with Gasteiger partial charge >= 0.3 is 30.3 Å². The smallest absolute Gasteiger partial charge is 0.407 e. The van der Waals surface area contributed by atoms with Crippen molar-refractivity contribution < 1.29 is 83.2 Å². The van der Waals surface area contributed by atoms with E-state index in [9.17, 15) is 59.5 Å². The van der Waals surface area contributed by atoms with E-state index in [1.54, 1.807) is 69.8 Å². The summed E-state index contributed by atoms with van der Waals surface area (Å²) in [6.07, 6.45) is 37.7. The van der Waals surface area contributed by atoms with Gasteiger partial charge in [-0.05, 0) is 358 Å². The molecule has 12 fully saturated rings. The summed E-state index contributed by atoms with van der Waals surface area (Å²) < 4.78 is 109. The van der Waals surface area contributed by atoms with E-state index in [4.69, 9.17) is 23.7 Å². The van der Waals surface area contributed by atoms with Crippen molar-refractivity contribution in [2.24, 2.45) is 118 Å². The van der Waals surface area contributed by atoms with Crippen LogP contribution in [0.15, 0.2) is 195 Å². The van der Waals surface area contributed by atoms with Crippen LogP contribution in [0.3, 0.4) is 0 Å². The van der Waals surface area contributed by atoms with Crippen molar-refractivity contribution in [2.45, 2.75) is 212 Å². The summed E-state index contributed by atoms with van der Waals surface area (Å²) in [7, 11) is -3.39. The Morgan fingerprint density at radius 1 is 0.386 bits per heavy atom. The number of hydrogen-bond donors (Lipinski definition) is 6. The highest BCUT2D eigenvalue weighted by atomic mass is 32.2. The van der Waals surface area contributed by atoms with Gasteiger partial charge in [-0.3, -0.25) is 34.3 Å². The fourth-order valence-corrected chi connectivity index (χ4v) is 29.4. The third-order valence-electron chi connectivity index (χ3n) is 33.5. The third-order valence-corrected chi connectivity index (χ3v) is 35.5. The Kier molecular flexibility index (Phi) is 33.8. The van der Waals surface area contributed by atoms with Crippen LogP contribution in [-0.4, -0.2) is 144 Å². The number of carbonyl (C=O) groups excluding carboxylic acids is 7. The lowest BCUT2D eigenvalue weighted by molar-refractivity contribution is -0.145. The molecule has 0 radical (unpaired) electrons. The first-order valence-electron chi connectivity index (χ1n) is 52.4. The molecule has 3 aliphatic heterocycles. The number of carbonyl (C=O) groups is 7. The maximum atomic E-state index is 13.6. The molecular weight excluding hydrogens is 1870 g/mol. The van der Waals surface area contributed by atoms with Gasteiger partial charge in [-0.1, -0.05) is 111 Å². The van der Waals surface area contributed by atoms with E-state index >= 15 is 0 Å². The van der Waals surface area contributed by atoms with Crippen molar-refractivity contribution >= 4 is 76.4 Å². The third kappa shape index (κ3) is 24.9. The zero-order chi connectivity index (χ0) is 102. The van der Waals surface area contributed by atoms with Crippen LogP contribution >= 0.6 is 0 Å². The predicted octanol–water partition coefficient (Wildman–Crippen LogP) is 21.9.